The van der Waals surface area contributed by atoms with Crippen LogP contribution < -0.4 is 4.90 Å². The zero-order chi connectivity index (χ0) is 19.0. The molecule has 0 aliphatic carbocycles. The molecule has 3 rings (SSSR count). The molecule has 0 bridgehead atoms. The lowest BCUT2D eigenvalue weighted by molar-refractivity contribution is -0.123. The molecule has 0 radical (unpaired) electrons. The van der Waals surface area contributed by atoms with Crippen LogP contribution in [0.2, 0.25) is 0 Å². The summed E-state index contributed by atoms with van der Waals surface area (Å²) in [4.78, 5) is 30.1. The predicted molar refractivity (Wildman–Crippen MR) is 115 cm³/mol. The first-order valence-corrected chi connectivity index (χ1v) is 10.8. The standard InChI is InChI=1S/C19H21BrN2O2S2/c1-4-6-9-21-14-8-7-12(20)10-13(14)15(17(21)23)16-18(24)22(11(3)5-2)19(25)26-16/h7-8,10-11H,4-6,9H2,1-3H3/b16-15-/t11-/m0/s1. The third kappa shape index (κ3) is 3.25. The number of carbonyl (C=O) groups excluding carboxylic acids is 2. The largest absolute Gasteiger partial charge is 0.308 e. The van der Waals surface area contributed by atoms with Crippen molar-refractivity contribution in [2.45, 2.75) is 46.1 Å². The lowest BCUT2D eigenvalue weighted by atomic mass is 10.1. The van der Waals surface area contributed by atoms with Crippen LogP contribution in [-0.4, -0.2) is 33.6 Å². The first-order chi connectivity index (χ1) is 12.4. The second-order valence-electron chi connectivity index (χ2n) is 6.48. The third-order valence-electron chi connectivity index (χ3n) is 4.77. The maximum atomic E-state index is 13.2. The minimum absolute atomic E-state index is 0.0234. The number of rotatable bonds is 5. The zero-order valence-electron chi connectivity index (χ0n) is 15.0. The van der Waals surface area contributed by atoms with E-state index in [1.54, 1.807) is 9.80 Å². The minimum atomic E-state index is -0.152. The van der Waals surface area contributed by atoms with Crippen LogP contribution in [0.4, 0.5) is 5.69 Å². The second kappa shape index (κ2) is 7.82. The van der Waals surface area contributed by atoms with Crippen LogP contribution in [0.15, 0.2) is 27.6 Å². The third-order valence-corrected chi connectivity index (χ3v) is 6.66. The number of nitrogens with zero attached hydrogens (tertiary/aromatic N) is 2. The molecule has 2 heterocycles. The molecule has 1 aromatic rings. The van der Waals surface area contributed by atoms with Crippen LogP contribution in [0.25, 0.3) is 5.57 Å². The van der Waals surface area contributed by atoms with Gasteiger partial charge in [0, 0.05) is 22.6 Å². The number of carbonyl (C=O) groups is 2. The monoisotopic (exact) mass is 452 g/mol. The first kappa shape index (κ1) is 19.6. The minimum Gasteiger partial charge on any atom is -0.308 e. The molecule has 0 spiro atoms. The van der Waals surface area contributed by atoms with Crippen LogP contribution in [0, 0.1) is 0 Å². The summed E-state index contributed by atoms with van der Waals surface area (Å²) < 4.78 is 1.42. The highest BCUT2D eigenvalue weighted by Gasteiger charge is 2.42. The van der Waals surface area contributed by atoms with E-state index < -0.39 is 0 Å². The van der Waals surface area contributed by atoms with Gasteiger partial charge in [-0.3, -0.25) is 14.5 Å². The van der Waals surface area contributed by atoms with Crippen molar-refractivity contribution in [1.29, 1.82) is 0 Å². The number of fused-ring (bicyclic) bond motifs is 1. The van der Waals surface area contributed by atoms with E-state index in [9.17, 15) is 9.59 Å². The Kier molecular flexibility index (Phi) is 5.89. The van der Waals surface area contributed by atoms with Gasteiger partial charge in [-0.2, -0.15) is 0 Å². The average Bonchev–Trinajstić information content (AvgIpc) is 3.04. The molecule has 0 unspecified atom stereocenters. The Morgan fingerprint density at radius 3 is 2.62 bits per heavy atom. The van der Waals surface area contributed by atoms with Gasteiger partial charge < -0.3 is 4.90 Å². The lowest BCUT2D eigenvalue weighted by Crippen LogP contribution is -2.36. The fourth-order valence-electron chi connectivity index (χ4n) is 3.15. The number of thiocarbonyl (C=S) groups is 1. The first-order valence-electron chi connectivity index (χ1n) is 8.82. The summed E-state index contributed by atoms with van der Waals surface area (Å²) in [6.07, 6.45) is 2.73. The fraction of sp³-hybridized carbons (Fsp3) is 0.421. The summed E-state index contributed by atoms with van der Waals surface area (Å²) in [6.45, 7) is 6.75. The molecule has 2 amide bonds. The van der Waals surface area contributed by atoms with E-state index in [1.807, 2.05) is 32.0 Å². The molecule has 0 N–H and O–H groups in total. The number of anilines is 1. The van der Waals surface area contributed by atoms with Crippen molar-refractivity contribution in [3.63, 3.8) is 0 Å². The topological polar surface area (TPSA) is 40.6 Å². The van der Waals surface area contributed by atoms with E-state index >= 15 is 0 Å². The number of unbranched alkanes of at least 4 members (excludes halogenated alkanes) is 1. The van der Waals surface area contributed by atoms with Crippen LogP contribution in [0.3, 0.4) is 0 Å². The Morgan fingerprint density at radius 1 is 1.23 bits per heavy atom. The number of amides is 2. The average molecular weight is 453 g/mol. The Morgan fingerprint density at radius 2 is 1.96 bits per heavy atom. The summed E-state index contributed by atoms with van der Waals surface area (Å²) in [5.74, 6) is -0.253. The van der Waals surface area contributed by atoms with Crippen molar-refractivity contribution in [1.82, 2.24) is 4.90 Å². The van der Waals surface area contributed by atoms with Crippen molar-refractivity contribution in [3.05, 3.63) is 33.1 Å². The van der Waals surface area contributed by atoms with Crippen LogP contribution in [-0.2, 0) is 9.59 Å². The smallest absolute Gasteiger partial charge is 0.267 e. The Labute approximate surface area is 172 Å². The van der Waals surface area contributed by atoms with E-state index in [1.165, 1.54) is 11.8 Å². The molecule has 2 aliphatic heterocycles. The summed E-state index contributed by atoms with van der Waals surface area (Å²) in [5.41, 5.74) is 2.17. The quantitative estimate of drug-likeness (QED) is 0.467. The van der Waals surface area contributed by atoms with Crippen molar-refractivity contribution in [2.24, 2.45) is 0 Å². The van der Waals surface area contributed by atoms with Gasteiger partial charge in [0.1, 0.15) is 4.32 Å². The van der Waals surface area contributed by atoms with Crippen molar-refractivity contribution >= 4 is 67.3 Å². The van der Waals surface area contributed by atoms with Crippen molar-refractivity contribution in [2.75, 3.05) is 11.4 Å². The van der Waals surface area contributed by atoms with Gasteiger partial charge in [-0.25, -0.2) is 0 Å². The molecule has 2 aliphatic rings. The van der Waals surface area contributed by atoms with Crippen molar-refractivity contribution < 1.29 is 9.59 Å². The maximum Gasteiger partial charge on any atom is 0.267 e. The summed E-state index contributed by atoms with van der Waals surface area (Å²) >= 11 is 10.2. The molecule has 1 atom stereocenters. The van der Waals surface area contributed by atoms with Gasteiger partial charge in [-0.05, 0) is 38.0 Å². The second-order valence-corrected chi connectivity index (χ2v) is 9.04. The number of halogens is 1. The summed E-state index contributed by atoms with van der Waals surface area (Å²) in [7, 11) is 0. The van der Waals surface area contributed by atoms with Crippen molar-refractivity contribution in [3.8, 4) is 0 Å². The van der Waals surface area contributed by atoms with Gasteiger partial charge in [-0.15, -0.1) is 0 Å². The molecule has 0 saturated carbocycles. The Bertz CT molecular complexity index is 822. The molecular formula is C19H21BrN2O2S2. The summed E-state index contributed by atoms with van der Waals surface area (Å²) in [5, 5.41) is 0. The zero-order valence-corrected chi connectivity index (χ0v) is 18.3. The van der Waals surface area contributed by atoms with Gasteiger partial charge in [0.25, 0.3) is 11.8 Å². The normalized spacial score (nSPS) is 21.0. The molecular weight excluding hydrogens is 432 g/mol. The highest BCUT2D eigenvalue weighted by molar-refractivity contribution is 9.10. The maximum absolute atomic E-state index is 13.2. The molecule has 26 heavy (non-hydrogen) atoms. The number of hydrogen-bond donors (Lipinski definition) is 0. The molecule has 1 fully saturated rings. The van der Waals surface area contributed by atoms with E-state index in [0.29, 0.717) is 21.3 Å². The van der Waals surface area contributed by atoms with Crippen LogP contribution in [0.1, 0.15) is 45.6 Å². The number of thioether (sulfide) groups is 1. The van der Waals surface area contributed by atoms with Gasteiger partial charge in [0.05, 0.1) is 16.2 Å². The van der Waals surface area contributed by atoms with Gasteiger partial charge in [0.2, 0.25) is 0 Å². The fourth-order valence-corrected chi connectivity index (χ4v) is 5.05. The summed E-state index contributed by atoms with van der Waals surface area (Å²) in [6, 6.07) is 5.81. The Hall–Kier alpha value is -1.18. The molecule has 7 heteroatoms. The van der Waals surface area contributed by atoms with E-state index in [4.69, 9.17) is 12.2 Å². The number of hydrogen-bond acceptors (Lipinski definition) is 4. The van der Waals surface area contributed by atoms with Gasteiger partial charge in [0.15, 0.2) is 0 Å². The molecule has 4 nitrogen and oxygen atoms in total. The van der Waals surface area contributed by atoms with Gasteiger partial charge in [-0.1, -0.05) is 60.2 Å². The lowest BCUT2D eigenvalue weighted by Gasteiger charge is -2.21. The highest BCUT2D eigenvalue weighted by Crippen LogP contribution is 2.46. The molecule has 138 valence electrons. The molecule has 1 saturated heterocycles. The molecule has 1 aromatic carbocycles. The highest BCUT2D eigenvalue weighted by atomic mass is 79.9. The molecule has 0 aromatic heterocycles. The van der Waals surface area contributed by atoms with Crippen LogP contribution >= 0.6 is 39.9 Å². The van der Waals surface area contributed by atoms with Gasteiger partial charge >= 0.3 is 0 Å². The van der Waals surface area contributed by atoms with E-state index in [2.05, 4.69) is 22.9 Å². The SMILES string of the molecule is CCCCN1C(=O)/C(=C2\SC(=S)N([C@@H](C)CC)C2=O)c2cc(Br)ccc21. The van der Waals surface area contributed by atoms with E-state index in [-0.39, 0.29) is 17.9 Å². The Balaban J connectivity index is 2.12. The van der Waals surface area contributed by atoms with E-state index in [0.717, 1.165) is 35.0 Å². The predicted octanol–water partition coefficient (Wildman–Crippen LogP) is 4.97. The number of benzene rings is 1. The van der Waals surface area contributed by atoms with Crippen LogP contribution in [0.5, 0.6) is 0 Å².